The van der Waals surface area contributed by atoms with Crippen LogP contribution in [0, 0.1) is 19.8 Å². The topological polar surface area (TPSA) is 91.3 Å². The minimum absolute atomic E-state index is 0.180. The van der Waals surface area contributed by atoms with Crippen molar-refractivity contribution >= 4 is 17.7 Å². The second-order valence-electron chi connectivity index (χ2n) is 5.20. The molecule has 1 atom stereocenters. The number of aryl methyl sites for hydroxylation is 2. The SMILES string of the molecule is Cc1ccc(NC(=O)NC(CC(C)C)C(=O)O)c(C)n1. The molecule has 6 heteroatoms. The number of nitrogens with zero attached hydrogens (tertiary/aromatic N) is 1. The average Bonchev–Trinajstić information content (AvgIpc) is 2.31. The van der Waals surface area contributed by atoms with Gasteiger partial charge in [0.25, 0.3) is 0 Å². The third-order valence-electron chi connectivity index (χ3n) is 2.78. The van der Waals surface area contributed by atoms with E-state index in [0.29, 0.717) is 17.8 Å². The molecule has 0 bridgehead atoms. The molecule has 1 aromatic rings. The first kappa shape index (κ1) is 15.9. The molecule has 0 aromatic carbocycles. The Morgan fingerprint density at radius 3 is 2.45 bits per heavy atom. The number of anilines is 1. The fourth-order valence-electron chi connectivity index (χ4n) is 1.83. The van der Waals surface area contributed by atoms with Gasteiger partial charge in [0.15, 0.2) is 0 Å². The fourth-order valence-corrected chi connectivity index (χ4v) is 1.83. The van der Waals surface area contributed by atoms with Crippen LogP contribution >= 0.6 is 0 Å². The number of carboxylic acids is 1. The molecule has 0 fully saturated rings. The average molecular weight is 279 g/mol. The lowest BCUT2D eigenvalue weighted by atomic mass is 10.0. The number of nitrogens with one attached hydrogen (secondary N) is 2. The molecule has 6 nitrogen and oxygen atoms in total. The minimum Gasteiger partial charge on any atom is -0.480 e. The number of pyridine rings is 1. The number of carbonyl (C=O) groups is 2. The van der Waals surface area contributed by atoms with Crippen LogP contribution in [0.2, 0.25) is 0 Å². The first-order valence-corrected chi connectivity index (χ1v) is 6.54. The van der Waals surface area contributed by atoms with Crippen molar-refractivity contribution in [2.75, 3.05) is 5.32 Å². The maximum absolute atomic E-state index is 11.8. The van der Waals surface area contributed by atoms with Gasteiger partial charge in [0.1, 0.15) is 6.04 Å². The van der Waals surface area contributed by atoms with Gasteiger partial charge in [0, 0.05) is 5.69 Å². The van der Waals surface area contributed by atoms with Crippen molar-refractivity contribution in [2.24, 2.45) is 5.92 Å². The quantitative estimate of drug-likeness (QED) is 0.771. The minimum atomic E-state index is -1.03. The Morgan fingerprint density at radius 1 is 1.30 bits per heavy atom. The summed E-state index contributed by atoms with van der Waals surface area (Å²) in [6.07, 6.45) is 0.383. The molecule has 0 spiro atoms. The Hall–Kier alpha value is -2.11. The monoisotopic (exact) mass is 279 g/mol. The third-order valence-corrected chi connectivity index (χ3v) is 2.78. The maximum Gasteiger partial charge on any atom is 0.326 e. The van der Waals surface area contributed by atoms with E-state index in [1.165, 1.54) is 0 Å². The Balaban J connectivity index is 2.68. The number of urea groups is 1. The van der Waals surface area contributed by atoms with Gasteiger partial charge in [0.2, 0.25) is 0 Å². The highest BCUT2D eigenvalue weighted by molar-refractivity contribution is 5.92. The number of carboxylic acid groups (broad SMARTS) is 1. The molecule has 0 aliphatic rings. The molecule has 20 heavy (non-hydrogen) atoms. The molecule has 0 saturated carbocycles. The fraction of sp³-hybridized carbons (Fsp3) is 0.500. The lowest BCUT2D eigenvalue weighted by Crippen LogP contribution is -2.43. The van der Waals surface area contributed by atoms with Gasteiger partial charge in [0.05, 0.1) is 11.4 Å². The molecule has 2 amide bonds. The van der Waals surface area contributed by atoms with Gasteiger partial charge in [-0.2, -0.15) is 0 Å². The van der Waals surface area contributed by atoms with Crippen LogP contribution in [-0.2, 0) is 4.79 Å². The van der Waals surface area contributed by atoms with Gasteiger partial charge in [-0.25, -0.2) is 9.59 Å². The van der Waals surface area contributed by atoms with Crippen molar-refractivity contribution < 1.29 is 14.7 Å². The van der Waals surface area contributed by atoms with Crippen LogP contribution in [0.25, 0.3) is 0 Å². The lowest BCUT2D eigenvalue weighted by Gasteiger charge is -2.17. The Labute approximate surface area is 118 Å². The van der Waals surface area contributed by atoms with Crippen LogP contribution < -0.4 is 10.6 Å². The molecule has 0 saturated heterocycles. The third kappa shape index (κ3) is 4.87. The molecule has 0 radical (unpaired) electrons. The van der Waals surface area contributed by atoms with Crippen molar-refractivity contribution in [1.29, 1.82) is 0 Å². The summed E-state index contributed by atoms with van der Waals surface area (Å²) in [6.45, 7) is 7.46. The molecule has 3 N–H and O–H groups in total. The first-order valence-electron chi connectivity index (χ1n) is 6.54. The predicted molar refractivity (Wildman–Crippen MR) is 76.7 cm³/mol. The van der Waals surface area contributed by atoms with Crippen LogP contribution in [-0.4, -0.2) is 28.1 Å². The highest BCUT2D eigenvalue weighted by atomic mass is 16.4. The van der Waals surface area contributed by atoms with Crippen LogP contribution in [0.3, 0.4) is 0 Å². The van der Waals surface area contributed by atoms with E-state index in [2.05, 4.69) is 15.6 Å². The van der Waals surface area contributed by atoms with E-state index in [-0.39, 0.29) is 5.92 Å². The van der Waals surface area contributed by atoms with Crippen molar-refractivity contribution in [3.05, 3.63) is 23.5 Å². The Kier molecular flexibility index (Phi) is 5.49. The summed E-state index contributed by atoms with van der Waals surface area (Å²) in [5.74, 6) is -0.855. The standard InChI is InChI=1S/C14H21N3O3/c1-8(2)7-12(13(18)19)17-14(20)16-11-6-5-9(3)15-10(11)4/h5-6,8,12H,7H2,1-4H3,(H,18,19)(H2,16,17,20). The number of rotatable bonds is 5. The van der Waals surface area contributed by atoms with Crippen LogP contribution in [0.4, 0.5) is 10.5 Å². The van der Waals surface area contributed by atoms with Gasteiger partial charge >= 0.3 is 12.0 Å². The van der Waals surface area contributed by atoms with Crippen molar-refractivity contribution in [2.45, 2.75) is 40.2 Å². The highest BCUT2D eigenvalue weighted by Gasteiger charge is 2.21. The summed E-state index contributed by atoms with van der Waals surface area (Å²) < 4.78 is 0. The van der Waals surface area contributed by atoms with Gasteiger partial charge in [-0.1, -0.05) is 13.8 Å². The van der Waals surface area contributed by atoms with E-state index in [1.807, 2.05) is 20.8 Å². The number of amides is 2. The van der Waals surface area contributed by atoms with E-state index in [9.17, 15) is 9.59 Å². The summed E-state index contributed by atoms with van der Waals surface area (Å²) in [4.78, 5) is 27.1. The normalized spacial score (nSPS) is 12.1. The van der Waals surface area contributed by atoms with E-state index >= 15 is 0 Å². The molecular weight excluding hydrogens is 258 g/mol. The van der Waals surface area contributed by atoms with Gasteiger partial charge in [-0.05, 0) is 38.3 Å². The summed E-state index contributed by atoms with van der Waals surface area (Å²) in [7, 11) is 0. The van der Waals surface area contributed by atoms with Crippen molar-refractivity contribution in [1.82, 2.24) is 10.3 Å². The summed E-state index contributed by atoms with van der Waals surface area (Å²) in [5.41, 5.74) is 2.12. The zero-order valence-electron chi connectivity index (χ0n) is 12.2. The summed E-state index contributed by atoms with van der Waals surface area (Å²) in [5, 5.41) is 14.2. The second kappa shape index (κ2) is 6.88. The summed E-state index contributed by atoms with van der Waals surface area (Å²) >= 11 is 0. The van der Waals surface area contributed by atoms with E-state index < -0.39 is 18.0 Å². The highest BCUT2D eigenvalue weighted by Crippen LogP contribution is 2.12. The van der Waals surface area contributed by atoms with E-state index in [1.54, 1.807) is 19.1 Å². The summed E-state index contributed by atoms with van der Waals surface area (Å²) in [6, 6.07) is 2.10. The Bertz CT molecular complexity index is 500. The number of carbonyl (C=O) groups excluding carboxylic acids is 1. The van der Waals surface area contributed by atoms with E-state index in [4.69, 9.17) is 5.11 Å². The number of hydrogen-bond acceptors (Lipinski definition) is 3. The Morgan fingerprint density at radius 2 is 1.95 bits per heavy atom. The van der Waals surface area contributed by atoms with E-state index in [0.717, 1.165) is 5.69 Å². The molecule has 0 aliphatic carbocycles. The van der Waals surface area contributed by atoms with Crippen molar-refractivity contribution in [3.8, 4) is 0 Å². The smallest absolute Gasteiger partial charge is 0.326 e. The molecule has 110 valence electrons. The molecule has 1 aromatic heterocycles. The molecule has 1 rings (SSSR count). The van der Waals surface area contributed by atoms with Crippen LogP contribution in [0.15, 0.2) is 12.1 Å². The molecular formula is C14H21N3O3. The molecule has 1 heterocycles. The maximum atomic E-state index is 11.8. The number of hydrogen-bond donors (Lipinski definition) is 3. The molecule has 0 aliphatic heterocycles. The van der Waals surface area contributed by atoms with Gasteiger partial charge < -0.3 is 15.7 Å². The zero-order chi connectivity index (χ0) is 15.3. The number of aliphatic carboxylic acids is 1. The van der Waals surface area contributed by atoms with Crippen LogP contribution in [0.5, 0.6) is 0 Å². The predicted octanol–water partition coefficient (Wildman–Crippen LogP) is 2.32. The first-order chi connectivity index (χ1) is 9.29. The largest absolute Gasteiger partial charge is 0.480 e. The molecule has 1 unspecified atom stereocenters. The van der Waals surface area contributed by atoms with Gasteiger partial charge in [-0.15, -0.1) is 0 Å². The number of aromatic nitrogens is 1. The van der Waals surface area contributed by atoms with Gasteiger partial charge in [-0.3, -0.25) is 4.98 Å². The van der Waals surface area contributed by atoms with Crippen molar-refractivity contribution in [3.63, 3.8) is 0 Å². The van der Waals surface area contributed by atoms with Crippen LogP contribution in [0.1, 0.15) is 31.7 Å². The zero-order valence-corrected chi connectivity index (χ0v) is 12.2. The second-order valence-corrected chi connectivity index (χ2v) is 5.20. The lowest BCUT2D eigenvalue weighted by molar-refractivity contribution is -0.139.